The maximum Gasteiger partial charge on any atom is 0.0956 e. The molecule has 1 heterocycles. The second-order valence-electron chi connectivity index (χ2n) is 4.56. The molecule has 84 valence electrons. The molecule has 1 fully saturated rings. The zero-order chi connectivity index (χ0) is 10.8. The fourth-order valence-electron chi connectivity index (χ4n) is 2.04. The SMILES string of the molecule is CCn1nc(C)cc1C(O)CCC1CC1. The Hall–Kier alpha value is -0.830. The lowest BCUT2D eigenvalue weighted by atomic mass is 10.1. The molecule has 0 aromatic carbocycles. The van der Waals surface area contributed by atoms with Crippen molar-refractivity contribution < 1.29 is 5.11 Å². The zero-order valence-corrected chi connectivity index (χ0v) is 9.61. The standard InChI is InChI=1S/C12H20N2O/c1-3-14-11(8-9(2)13-14)12(15)7-6-10-4-5-10/h8,10,12,15H,3-7H2,1-2H3. The van der Waals surface area contributed by atoms with Crippen LogP contribution in [0.3, 0.4) is 0 Å². The first-order chi connectivity index (χ1) is 7.20. The van der Waals surface area contributed by atoms with Crippen LogP contribution in [-0.4, -0.2) is 14.9 Å². The number of nitrogens with zero attached hydrogens (tertiary/aromatic N) is 2. The summed E-state index contributed by atoms with van der Waals surface area (Å²) in [6.45, 7) is 4.87. The van der Waals surface area contributed by atoms with Crippen LogP contribution in [0.2, 0.25) is 0 Å². The second kappa shape index (κ2) is 4.35. The van der Waals surface area contributed by atoms with E-state index in [4.69, 9.17) is 0 Å². The second-order valence-corrected chi connectivity index (χ2v) is 4.56. The van der Waals surface area contributed by atoms with E-state index in [9.17, 15) is 5.11 Å². The summed E-state index contributed by atoms with van der Waals surface area (Å²) in [5.74, 6) is 0.888. The van der Waals surface area contributed by atoms with Gasteiger partial charge in [-0.05, 0) is 38.7 Å². The van der Waals surface area contributed by atoms with E-state index < -0.39 is 0 Å². The van der Waals surface area contributed by atoms with E-state index in [1.165, 1.54) is 12.8 Å². The summed E-state index contributed by atoms with van der Waals surface area (Å²) in [6.07, 6.45) is 4.44. The van der Waals surface area contributed by atoms with E-state index in [0.29, 0.717) is 0 Å². The molecule has 0 saturated heterocycles. The highest BCUT2D eigenvalue weighted by Crippen LogP contribution is 2.35. The summed E-state index contributed by atoms with van der Waals surface area (Å²) in [5.41, 5.74) is 1.98. The number of aromatic nitrogens is 2. The smallest absolute Gasteiger partial charge is 0.0956 e. The molecule has 0 radical (unpaired) electrons. The van der Waals surface area contributed by atoms with Crippen LogP contribution in [0.25, 0.3) is 0 Å². The average Bonchev–Trinajstić information content (AvgIpc) is 2.97. The summed E-state index contributed by atoms with van der Waals surface area (Å²) in [4.78, 5) is 0. The minimum atomic E-state index is -0.327. The topological polar surface area (TPSA) is 38.0 Å². The predicted molar refractivity (Wildman–Crippen MR) is 59.6 cm³/mol. The number of rotatable bonds is 5. The molecule has 3 nitrogen and oxygen atoms in total. The average molecular weight is 208 g/mol. The molecular weight excluding hydrogens is 188 g/mol. The summed E-state index contributed by atoms with van der Waals surface area (Å²) in [6, 6.07) is 2.00. The van der Waals surface area contributed by atoms with E-state index in [1.807, 2.05) is 17.7 Å². The highest BCUT2D eigenvalue weighted by Gasteiger charge is 2.23. The Bertz CT molecular complexity index is 328. The van der Waals surface area contributed by atoms with Crippen LogP contribution in [-0.2, 0) is 6.54 Å². The minimum absolute atomic E-state index is 0.327. The fraction of sp³-hybridized carbons (Fsp3) is 0.750. The lowest BCUT2D eigenvalue weighted by Gasteiger charge is -2.11. The number of aliphatic hydroxyl groups excluding tert-OH is 1. The lowest BCUT2D eigenvalue weighted by molar-refractivity contribution is 0.151. The highest BCUT2D eigenvalue weighted by atomic mass is 16.3. The molecule has 1 aliphatic rings. The van der Waals surface area contributed by atoms with Crippen molar-refractivity contribution in [2.75, 3.05) is 0 Å². The summed E-state index contributed by atoms with van der Waals surface area (Å²) in [7, 11) is 0. The molecule has 15 heavy (non-hydrogen) atoms. The number of aryl methyl sites for hydroxylation is 2. The van der Waals surface area contributed by atoms with Crippen molar-refractivity contribution in [1.29, 1.82) is 0 Å². The molecule has 1 aliphatic carbocycles. The lowest BCUT2D eigenvalue weighted by Crippen LogP contribution is -2.08. The minimum Gasteiger partial charge on any atom is -0.387 e. The number of aliphatic hydroxyl groups is 1. The Labute approximate surface area is 91.1 Å². The van der Waals surface area contributed by atoms with Gasteiger partial charge in [0.2, 0.25) is 0 Å². The van der Waals surface area contributed by atoms with Crippen molar-refractivity contribution in [2.24, 2.45) is 5.92 Å². The van der Waals surface area contributed by atoms with Gasteiger partial charge in [-0.3, -0.25) is 4.68 Å². The fourth-order valence-corrected chi connectivity index (χ4v) is 2.04. The Kier molecular flexibility index (Phi) is 3.10. The Balaban J connectivity index is 1.98. The molecule has 0 bridgehead atoms. The highest BCUT2D eigenvalue weighted by molar-refractivity contribution is 5.11. The van der Waals surface area contributed by atoms with Gasteiger partial charge in [0.05, 0.1) is 17.5 Å². The van der Waals surface area contributed by atoms with Gasteiger partial charge >= 0.3 is 0 Å². The van der Waals surface area contributed by atoms with Crippen LogP contribution in [0.15, 0.2) is 6.07 Å². The summed E-state index contributed by atoms with van der Waals surface area (Å²) < 4.78 is 1.91. The van der Waals surface area contributed by atoms with Crippen LogP contribution < -0.4 is 0 Å². The van der Waals surface area contributed by atoms with Gasteiger partial charge in [-0.25, -0.2) is 0 Å². The third kappa shape index (κ3) is 2.59. The molecule has 1 unspecified atom stereocenters. The predicted octanol–water partition coefficient (Wildman–Crippen LogP) is 2.44. The molecule has 0 amide bonds. The molecule has 0 spiro atoms. The third-order valence-corrected chi connectivity index (χ3v) is 3.12. The molecule has 1 atom stereocenters. The first-order valence-corrected chi connectivity index (χ1v) is 5.93. The van der Waals surface area contributed by atoms with Gasteiger partial charge < -0.3 is 5.11 Å². The monoisotopic (exact) mass is 208 g/mol. The van der Waals surface area contributed by atoms with E-state index in [0.717, 1.165) is 36.7 Å². The molecule has 1 aromatic heterocycles. The van der Waals surface area contributed by atoms with Crippen molar-refractivity contribution in [2.45, 2.75) is 52.2 Å². The van der Waals surface area contributed by atoms with Gasteiger partial charge in [0, 0.05) is 6.54 Å². The van der Waals surface area contributed by atoms with Crippen LogP contribution in [0.5, 0.6) is 0 Å². The Morgan fingerprint density at radius 2 is 2.33 bits per heavy atom. The number of hydrogen-bond donors (Lipinski definition) is 1. The van der Waals surface area contributed by atoms with E-state index in [-0.39, 0.29) is 6.10 Å². The van der Waals surface area contributed by atoms with Crippen molar-refractivity contribution in [3.05, 3.63) is 17.5 Å². The van der Waals surface area contributed by atoms with Crippen molar-refractivity contribution in [1.82, 2.24) is 9.78 Å². The molecule has 1 N–H and O–H groups in total. The maximum atomic E-state index is 10.1. The third-order valence-electron chi connectivity index (χ3n) is 3.12. The largest absolute Gasteiger partial charge is 0.387 e. The van der Waals surface area contributed by atoms with Crippen LogP contribution >= 0.6 is 0 Å². The first-order valence-electron chi connectivity index (χ1n) is 5.93. The summed E-state index contributed by atoms with van der Waals surface area (Å²) >= 11 is 0. The van der Waals surface area contributed by atoms with E-state index >= 15 is 0 Å². The van der Waals surface area contributed by atoms with Gasteiger partial charge in [-0.15, -0.1) is 0 Å². The normalized spacial score (nSPS) is 18.1. The molecular formula is C12H20N2O. The van der Waals surface area contributed by atoms with Crippen LogP contribution in [0, 0.1) is 12.8 Å². The van der Waals surface area contributed by atoms with Crippen LogP contribution in [0.4, 0.5) is 0 Å². The van der Waals surface area contributed by atoms with Gasteiger partial charge in [0.15, 0.2) is 0 Å². The van der Waals surface area contributed by atoms with Gasteiger partial charge in [0.25, 0.3) is 0 Å². The Morgan fingerprint density at radius 3 is 2.93 bits per heavy atom. The van der Waals surface area contributed by atoms with Crippen molar-refractivity contribution in [3.8, 4) is 0 Å². The maximum absolute atomic E-state index is 10.1. The van der Waals surface area contributed by atoms with E-state index in [2.05, 4.69) is 12.0 Å². The quantitative estimate of drug-likeness (QED) is 0.807. The molecule has 1 aromatic rings. The van der Waals surface area contributed by atoms with Crippen LogP contribution in [0.1, 0.15) is 50.1 Å². The zero-order valence-electron chi connectivity index (χ0n) is 9.61. The molecule has 3 heteroatoms. The molecule has 0 aliphatic heterocycles. The van der Waals surface area contributed by atoms with E-state index in [1.54, 1.807) is 0 Å². The molecule has 2 rings (SSSR count). The van der Waals surface area contributed by atoms with Crippen molar-refractivity contribution in [3.63, 3.8) is 0 Å². The van der Waals surface area contributed by atoms with Gasteiger partial charge in [-0.1, -0.05) is 12.8 Å². The van der Waals surface area contributed by atoms with Gasteiger partial charge in [-0.2, -0.15) is 5.10 Å². The van der Waals surface area contributed by atoms with Gasteiger partial charge in [0.1, 0.15) is 0 Å². The summed E-state index contributed by atoms with van der Waals surface area (Å²) in [5, 5.41) is 14.4. The Morgan fingerprint density at radius 1 is 1.60 bits per heavy atom. The van der Waals surface area contributed by atoms with Crippen molar-refractivity contribution >= 4 is 0 Å². The first kappa shape index (κ1) is 10.7. The number of hydrogen-bond acceptors (Lipinski definition) is 2. The molecule has 1 saturated carbocycles.